The molecule has 6 nitrogen and oxygen atoms in total. The molecule has 0 aliphatic rings. The van der Waals surface area contributed by atoms with Gasteiger partial charge in [0, 0.05) is 10.5 Å². The van der Waals surface area contributed by atoms with Crippen molar-refractivity contribution in [2.24, 2.45) is 0 Å². The van der Waals surface area contributed by atoms with Crippen LogP contribution in [0, 0.1) is 15.9 Å². The van der Waals surface area contributed by atoms with Crippen LogP contribution in [0.4, 0.5) is 15.8 Å². The SMILES string of the molecule is O=[N+]([O-])c1cccc(F)c1NS(=O)(=O)c1ccccc1Br. The van der Waals surface area contributed by atoms with Crippen molar-refractivity contribution >= 4 is 37.3 Å². The van der Waals surface area contributed by atoms with Crippen molar-refractivity contribution in [3.8, 4) is 0 Å². The number of nitro benzene ring substituents is 1. The van der Waals surface area contributed by atoms with Crippen LogP contribution >= 0.6 is 15.9 Å². The Morgan fingerprint density at radius 1 is 1.14 bits per heavy atom. The molecule has 2 aromatic rings. The van der Waals surface area contributed by atoms with Crippen molar-refractivity contribution in [2.75, 3.05) is 4.72 Å². The molecule has 0 spiro atoms. The molecule has 1 N–H and O–H groups in total. The molecule has 0 amide bonds. The van der Waals surface area contributed by atoms with Gasteiger partial charge in [-0.2, -0.15) is 0 Å². The molecular weight excluding hydrogens is 367 g/mol. The van der Waals surface area contributed by atoms with Crippen molar-refractivity contribution < 1.29 is 17.7 Å². The predicted molar refractivity (Wildman–Crippen MR) is 78.0 cm³/mol. The quantitative estimate of drug-likeness (QED) is 0.656. The lowest BCUT2D eigenvalue weighted by molar-refractivity contribution is -0.384. The molecule has 0 atom stereocenters. The van der Waals surface area contributed by atoms with Crippen molar-refractivity contribution in [1.82, 2.24) is 0 Å². The monoisotopic (exact) mass is 374 g/mol. The van der Waals surface area contributed by atoms with Gasteiger partial charge in [0.25, 0.3) is 15.7 Å². The van der Waals surface area contributed by atoms with Crippen LogP contribution in [0.15, 0.2) is 51.8 Å². The van der Waals surface area contributed by atoms with Crippen molar-refractivity contribution in [2.45, 2.75) is 4.90 Å². The van der Waals surface area contributed by atoms with Crippen LogP contribution in [0.1, 0.15) is 0 Å². The summed E-state index contributed by atoms with van der Waals surface area (Å²) >= 11 is 3.06. The van der Waals surface area contributed by atoms with E-state index < -0.39 is 32.1 Å². The number of para-hydroxylation sites is 1. The minimum Gasteiger partial charge on any atom is -0.271 e. The maximum Gasteiger partial charge on any atom is 0.296 e. The largest absolute Gasteiger partial charge is 0.296 e. The van der Waals surface area contributed by atoms with E-state index in [1.54, 1.807) is 6.07 Å². The topological polar surface area (TPSA) is 89.3 Å². The van der Waals surface area contributed by atoms with Crippen LogP contribution in [0.3, 0.4) is 0 Å². The summed E-state index contributed by atoms with van der Waals surface area (Å²) in [5, 5.41) is 10.9. The van der Waals surface area contributed by atoms with E-state index in [0.717, 1.165) is 18.2 Å². The van der Waals surface area contributed by atoms with Crippen LogP contribution in [0.25, 0.3) is 0 Å². The summed E-state index contributed by atoms with van der Waals surface area (Å²) in [6, 6.07) is 8.95. The Hall–Kier alpha value is -2.00. The average Bonchev–Trinajstić information content (AvgIpc) is 2.41. The van der Waals surface area contributed by atoms with E-state index in [1.807, 2.05) is 4.72 Å². The minimum absolute atomic E-state index is 0.150. The average molecular weight is 375 g/mol. The van der Waals surface area contributed by atoms with E-state index in [4.69, 9.17) is 0 Å². The first kappa shape index (κ1) is 15.4. The summed E-state index contributed by atoms with van der Waals surface area (Å²) in [6.45, 7) is 0. The van der Waals surface area contributed by atoms with Crippen LogP contribution < -0.4 is 4.72 Å². The number of hydrogen-bond donors (Lipinski definition) is 1. The number of benzene rings is 2. The molecular formula is C12H8BrFN2O4S. The Morgan fingerprint density at radius 3 is 2.43 bits per heavy atom. The number of rotatable bonds is 4. The molecule has 0 fully saturated rings. The van der Waals surface area contributed by atoms with E-state index >= 15 is 0 Å². The number of hydrogen-bond acceptors (Lipinski definition) is 4. The van der Waals surface area contributed by atoms with E-state index in [0.29, 0.717) is 0 Å². The highest BCUT2D eigenvalue weighted by molar-refractivity contribution is 9.10. The third-order valence-electron chi connectivity index (χ3n) is 2.55. The molecule has 110 valence electrons. The highest BCUT2D eigenvalue weighted by Gasteiger charge is 2.25. The van der Waals surface area contributed by atoms with Gasteiger partial charge in [-0.05, 0) is 34.1 Å². The number of halogens is 2. The first-order valence-electron chi connectivity index (χ1n) is 5.53. The smallest absolute Gasteiger partial charge is 0.271 e. The Bertz CT molecular complexity index is 811. The lowest BCUT2D eigenvalue weighted by atomic mass is 10.2. The van der Waals surface area contributed by atoms with Crippen LogP contribution in [-0.2, 0) is 10.0 Å². The zero-order valence-corrected chi connectivity index (χ0v) is 12.7. The molecule has 0 aromatic heterocycles. The molecule has 0 saturated heterocycles. The highest BCUT2D eigenvalue weighted by Crippen LogP contribution is 2.31. The van der Waals surface area contributed by atoms with Gasteiger partial charge in [-0.3, -0.25) is 14.8 Å². The fourth-order valence-electron chi connectivity index (χ4n) is 1.62. The zero-order valence-electron chi connectivity index (χ0n) is 10.3. The summed E-state index contributed by atoms with van der Waals surface area (Å²) in [7, 11) is -4.16. The third kappa shape index (κ3) is 3.19. The highest BCUT2D eigenvalue weighted by atomic mass is 79.9. The summed E-state index contributed by atoms with van der Waals surface area (Å²) in [4.78, 5) is 9.85. The number of nitrogens with zero attached hydrogens (tertiary/aromatic N) is 1. The van der Waals surface area contributed by atoms with Gasteiger partial charge in [0.15, 0.2) is 11.5 Å². The molecule has 0 radical (unpaired) electrons. The normalized spacial score (nSPS) is 11.1. The van der Waals surface area contributed by atoms with Gasteiger partial charge in [-0.25, -0.2) is 12.8 Å². The lowest BCUT2D eigenvalue weighted by Crippen LogP contribution is -2.15. The van der Waals surface area contributed by atoms with E-state index in [1.165, 1.54) is 18.2 Å². The molecule has 9 heteroatoms. The number of nitro groups is 1. The second-order valence-corrected chi connectivity index (χ2v) is 6.43. The van der Waals surface area contributed by atoms with E-state index in [9.17, 15) is 22.9 Å². The van der Waals surface area contributed by atoms with Gasteiger partial charge in [-0.1, -0.05) is 18.2 Å². The molecule has 2 rings (SSSR count). The van der Waals surface area contributed by atoms with Gasteiger partial charge in [0.05, 0.1) is 4.92 Å². The molecule has 0 saturated carbocycles. The number of nitrogens with one attached hydrogen (secondary N) is 1. The number of sulfonamides is 1. The minimum atomic E-state index is -4.16. The first-order chi connectivity index (χ1) is 9.83. The summed E-state index contributed by atoms with van der Waals surface area (Å²) in [5.74, 6) is -1.03. The summed E-state index contributed by atoms with van der Waals surface area (Å²) in [5.41, 5.74) is -1.36. The molecule has 0 heterocycles. The zero-order chi connectivity index (χ0) is 15.6. The van der Waals surface area contributed by atoms with Crippen LogP contribution in [-0.4, -0.2) is 13.3 Å². The Morgan fingerprint density at radius 2 is 1.81 bits per heavy atom. The van der Waals surface area contributed by atoms with Gasteiger partial charge < -0.3 is 0 Å². The van der Waals surface area contributed by atoms with Crippen molar-refractivity contribution in [3.63, 3.8) is 0 Å². The van der Waals surface area contributed by atoms with Gasteiger partial charge >= 0.3 is 0 Å². The van der Waals surface area contributed by atoms with Gasteiger partial charge in [0.2, 0.25) is 0 Å². The molecule has 2 aromatic carbocycles. The standard InChI is InChI=1S/C12H8BrFN2O4S/c13-8-4-1-2-7-11(8)21(19,20)15-12-9(14)5-3-6-10(12)16(17)18/h1-7,15H. The summed E-state index contributed by atoms with van der Waals surface area (Å²) < 4.78 is 40.3. The third-order valence-corrected chi connectivity index (χ3v) is 4.91. The molecule has 0 bridgehead atoms. The second-order valence-electron chi connectivity index (χ2n) is 3.93. The maximum absolute atomic E-state index is 13.7. The van der Waals surface area contributed by atoms with Crippen LogP contribution in [0.2, 0.25) is 0 Å². The second kappa shape index (κ2) is 5.78. The van der Waals surface area contributed by atoms with Crippen LogP contribution in [0.5, 0.6) is 0 Å². The van der Waals surface area contributed by atoms with E-state index in [-0.39, 0.29) is 9.37 Å². The molecule has 0 aliphatic heterocycles. The van der Waals surface area contributed by atoms with Gasteiger partial charge in [-0.15, -0.1) is 0 Å². The Kier molecular flexibility index (Phi) is 4.24. The Balaban J connectivity index is 2.52. The molecule has 0 unspecified atom stereocenters. The summed E-state index contributed by atoms with van der Waals surface area (Å²) in [6.07, 6.45) is 0. The molecule has 21 heavy (non-hydrogen) atoms. The first-order valence-corrected chi connectivity index (χ1v) is 7.81. The van der Waals surface area contributed by atoms with Crippen molar-refractivity contribution in [1.29, 1.82) is 0 Å². The Labute approximate surface area is 127 Å². The van der Waals surface area contributed by atoms with Gasteiger partial charge in [0.1, 0.15) is 4.90 Å². The van der Waals surface area contributed by atoms with E-state index in [2.05, 4.69) is 15.9 Å². The molecule has 0 aliphatic carbocycles. The fourth-order valence-corrected chi connectivity index (χ4v) is 3.71. The fraction of sp³-hybridized carbons (Fsp3) is 0. The number of anilines is 1. The van der Waals surface area contributed by atoms with Crippen molar-refractivity contribution in [3.05, 3.63) is 62.9 Å². The lowest BCUT2D eigenvalue weighted by Gasteiger charge is -2.10. The predicted octanol–water partition coefficient (Wildman–Crippen LogP) is 3.30. The maximum atomic E-state index is 13.7.